The molecule has 6 heteroatoms. The molecular weight excluding hydrogens is 392 g/mol. The summed E-state index contributed by atoms with van der Waals surface area (Å²) in [4.78, 5) is 12.0. The molecule has 1 aromatic heterocycles. The fraction of sp³-hybridized carbons (Fsp3) is 0.120. The number of hydrogen-bond acceptors (Lipinski definition) is 5. The van der Waals surface area contributed by atoms with Crippen LogP contribution >= 0.6 is 0 Å². The molecule has 1 N–H and O–H groups in total. The lowest BCUT2D eigenvalue weighted by atomic mass is 10.1. The van der Waals surface area contributed by atoms with Crippen molar-refractivity contribution in [1.29, 1.82) is 0 Å². The molecule has 4 aromatic rings. The van der Waals surface area contributed by atoms with E-state index < -0.39 is 5.91 Å². The van der Waals surface area contributed by atoms with Crippen molar-refractivity contribution in [1.82, 2.24) is 5.43 Å². The van der Waals surface area contributed by atoms with Crippen LogP contribution in [0.5, 0.6) is 11.5 Å². The van der Waals surface area contributed by atoms with Crippen LogP contribution in [0.3, 0.4) is 0 Å². The maximum Gasteiger partial charge on any atom is 0.307 e. The predicted molar refractivity (Wildman–Crippen MR) is 120 cm³/mol. The van der Waals surface area contributed by atoms with E-state index in [1.807, 2.05) is 30.3 Å². The van der Waals surface area contributed by atoms with Gasteiger partial charge in [-0.25, -0.2) is 5.43 Å². The first-order valence-corrected chi connectivity index (χ1v) is 9.81. The normalized spacial score (nSPS) is 11.0. The highest BCUT2D eigenvalue weighted by molar-refractivity contribution is 5.92. The fourth-order valence-corrected chi connectivity index (χ4v) is 3.23. The summed E-state index contributed by atoms with van der Waals surface area (Å²) in [7, 11) is 1.59. The molecule has 0 bridgehead atoms. The number of benzene rings is 3. The van der Waals surface area contributed by atoms with E-state index in [1.165, 1.54) is 11.6 Å². The number of ether oxygens (including phenoxy) is 2. The third-order valence-corrected chi connectivity index (χ3v) is 4.79. The molecule has 6 nitrogen and oxygen atoms in total. The lowest BCUT2D eigenvalue weighted by Gasteiger charge is -2.12. The van der Waals surface area contributed by atoms with Crippen LogP contribution in [0.1, 0.15) is 27.4 Å². The minimum absolute atomic E-state index is 0.212. The number of hydrazone groups is 1. The number of nitrogens with one attached hydrogen (secondary N) is 1. The fourth-order valence-electron chi connectivity index (χ4n) is 3.23. The molecular formula is C25H22N2O4. The zero-order chi connectivity index (χ0) is 21.6. The summed E-state index contributed by atoms with van der Waals surface area (Å²) in [6.45, 7) is 2.19. The van der Waals surface area contributed by atoms with Gasteiger partial charge in [-0.1, -0.05) is 42.5 Å². The van der Waals surface area contributed by atoms with Crippen LogP contribution in [0, 0.1) is 6.92 Å². The third-order valence-electron chi connectivity index (χ3n) is 4.79. The Labute approximate surface area is 180 Å². The molecule has 0 aliphatic rings. The molecule has 1 amide bonds. The van der Waals surface area contributed by atoms with Crippen molar-refractivity contribution in [3.05, 3.63) is 95.4 Å². The topological polar surface area (TPSA) is 73.1 Å². The lowest BCUT2D eigenvalue weighted by molar-refractivity contribution is 0.0926. The van der Waals surface area contributed by atoms with Crippen LogP contribution in [-0.2, 0) is 6.61 Å². The van der Waals surface area contributed by atoms with Crippen LogP contribution in [0.2, 0.25) is 0 Å². The number of furan rings is 1. The molecule has 0 saturated carbocycles. The molecule has 156 valence electrons. The molecule has 31 heavy (non-hydrogen) atoms. The zero-order valence-corrected chi connectivity index (χ0v) is 17.3. The SMILES string of the molecule is COc1cc(/C=N\NC(=O)c2ccc(C)o2)ccc1OCc1cccc2ccccc12. The van der Waals surface area contributed by atoms with Crippen molar-refractivity contribution in [2.24, 2.45) is 5.10 Å². The van der Waals surface area contributed by atoms with Gasteiger partial charge in [0.25, 0.3) is 0 Å². The second-order valence-corrected chi connectivity index (χ2v) is 6.95. The van der Waals surface area contributed by atoms with Crippen molar-refractivity contribution >= 4 is 22.9 Å². The second kappa shape index (κ2) is 9.17. The van der Waals surface area contributed by atoms with Crippen molar-refractivity contribution in [3.63, 3.8) is 0 Å². The van der Waals surface area contributed by atoms with E-state index >= 15 is 0 Å². The van der Waals surface area contributed by atoms with Gasteiger partial charge in [-0.2, -0.15) is 5.10 Å². The van der Waals surface area contributed by atoms with Crippen molar-refractivity contribution in [2.45, 2.75) is 13.5 Å². The monoisotopic (exact) mass is 414 g/mol. The molecule has 3 aromatic carbocycles. The van der Waals surface area contributed by atoms with Crippen molar-refractivity contribution < 1.29 is 18.7 Å². The minimum atomic E-state index is -0.411. The summed E-state index contributed by atoms with van der Waals surface area (Å²) in [5.74, 6) is 1.67. The molecule has 1 heterocycles. The van der Waals surface area contributed by atoms with Gasteiger partial charge in [0.1, 0.15) is 12.4 Å². The van der Waals surface area contributed by atoms with E-state index in [1.54, 1.807) is 32.2 Å². The van der Waals surface area contributed by atoms with E-state index in [4.69, 9.17) is 13.9 Å². The lowest BCUT2D eigenvalue weighted by Crippen LogP contribution is -2.16. The molecule has 0 spiro atoms. The van der Waals surface area contributed by atoms with Gasteiger partial charge in [0.2, 0.25) is 0 Å². The van der Waals surface area contributed by atoms with Gasteiger partial charge < -0.3 is 13.9 Å². The number of carbonyl (C=O) groups is 1. The Bertz CT molecular complexity index is 1240. The average Bonchev–Trinajstić information content (AvgIpc) is 3.24. The van der Waals surface area contributed by atoms with Gasteiger partial charge in [-0.3, -0.25) is 4.79 Å². The quantitative estimate of drug-likeness (QED) is 0.338. The molecule has 0 atom stereocenters. The Morgan fingerprint density at radius 1 is 1.03 bits per heavy atom. The first-order valence-electron chi connectivity index (χ1n) is 9.81. The summed E-state index contributed by atoms with van der Waals surface area (Å²) < 4.78 is 16.8. The summed E-state index contributed by atoms with van der Waals surface area (Å²) in [5.41, 5.74) is 4.29. The van der Waals surface area contributed by atoms with E-state index in [0.29, 0.717) is 23.9 Å². The number of hydrogen-bond donors (Lipinski definition) is 1. The third kappa shape index (κ3) is 4.75. The van der Waals surface area contributed by atoms with Gasteiger partial charge in [0.05, 0.1) is 13.3 Å². The maximum atomic E-state index is 12.0. The number of rotatable bonds is 7. The minimum Gasteiger partial charge on any atom is -0.493 e. The Balaban J connectivity index is 1.43. The predicted octanol–water partition coefficient (Wildman–Crippen LogP) is 5.09. The summed E-state index contributed by atoms with van der Waals surface area (Å²) in [5, 5.41) is 6.32. The van der Waals surface area contributed by atoms with Crippen LogP contribution in [0.25, 0.3) is 10.8 Å². The summed E-state index contributed by atoms with van der Waals surface area (Å²) in [6, 6.07) is 23.2. The molecule has 4 rings (SSSR count). The van der Waals surface area contributed by atoms with E-state index in [2.05, 4.69) is 34.8 Å². The van der Waals surface area contributed by atoms with Crippen molar-refractivity contribution in [3.8, 4) is 11.5 Å². The van der Waals surface area contributed by atoms with Crippen molar-refractivity contribution in [2.75, 3.05) is 7.11 Å². The average molecular weight is 414 g/mol. The zero-order valence-electron chi connectivity index (χ0n) is 17.3. The van der Waals surface area contributed by atoms with Crippen LogP contribution in [0.15, 0.2) is 82.3 Å². The largest absolute Gasteiger partial charge is 0.493 e. The van der Waals surface area contributed by atoms with E-state index in [0.717, 1.165) is 16.5 Å². The van der Waals surface area contributed by atoms with Gasteiger partial charge in [0, 0.05) is 0 Å². The number of aryl methyl sites for hydroxylation is 1. The van der Waals surface area contributed by atoms with Gasteiger partial charge >= 0.3 is 5.91 Å². The number of fused-ring (bicyclic) bond motifs is 1. The summed E-state index contributed by atoms with van der Waals surface area (Å²) >= 11 is 0. The standard InChI is InChI=1S/C25H22N2O4/c1-17-10-12-23(31-17)25(28)27-26-15-18-11-13-22(24(14-18)29-2)30-16-20-8-5-7-19-6-3-4-9-21(19)20/h3-15H,16H2,1-2H3,(H,27,28)/b26-15-. The number of nitrogens with zero attached hydrogens (tertiary/aromatic N) is 1. The smallest absolute Gasteiger partial charge is 0.307 e. The highest BCUT2D eigenvalue weighted by Crippen LogP contribution is 2.29. The second-order valence-electron chi connectivity index (χ2n) is 6.95. The molecule has 0 fully saturated rings. The Morgan fingerprint density at radius 3 is 2.68 bits per heavy atom. The molecule has 0 aliphatic carbocycles. The molecule has 0 aliphatic heterocycles. The molecule has 0 radical (unpaired) electrons. The highest BCUT2D eigenvalue weighted by Gasteiger charge is 2.09. The summed E-state index contributed by atoms with van der Waals surface area (Å²) in [6.07, 6.45) is 1.53. The first-order chi connectivity index (χ1) is 15.1. The maximum absolute atomic E-state index is 12.0. The Hall–Kier alpha value is -4.06. The Morgan fingerprint density at radius 2 is 1.87 bits per heavy atom. The number of carbonyl (C=O) groups excluding carboxylic acids is 1. The number of methoxy groups -OCH3 is 1. The van der Waals surface area contributed by atoms with Gasteiger partial charge in [0.15, 0.2) is 17.3 Å². The van der Waals surface area contributed by atoms with Crippen LogP contribution < -0.4 is 14.9 Å². The van der Waals surface area contributed by atoms with Crippen LogP contribution in [-0.4, -0.2) is 19.2 Å². The van der Waals surface area contributed by atoms with Gasteiger partial charge in [-0.05, 0) is 59.2 Å². The van der Waals surface area contributed by atoms with E-state index in [-0.39, 0.29) is 5.76 Å². The Kier molecular flexibility index (Phi) is 5.98. The van der Waals surface area contributed by atoms with E-state index in [9.17, 15) is 4.79 Å². The molecule has 0 unspecified atom stereocenters. The van der Waals surface area contributed by atoms with Crippen LogP contribution in [0.4, 0.5) is 0 Å². The number of amides is 1. The van der Waals surface area contributed by atoms with Gasteiger partial charge in [-0.15, -0.1) is 0 Å². The highest BCUT2D eigenvalue weighted by atomic mass is 16.5. The molecule has 0 saturated heterocycles. The first kappa shape index (κ1) is 20.2.